The number of hydrogen-bond donors (Lipinski definition) is 3. The zero-order valence-electron chi connectivity index (χ0n) is 10.9. The van der Waals surface area contributed by atoms with Crippen LogP contribution >= 0.6 is 11.3 Å². The third-order valence-electron chi connectivity index (χ3n) is 3.43. The van der Waals surface area contributed by atoms with Gasteiger partial charge in [0.25, 0.3) is 5.91 Å². The molecule has 1 amide bonds. The average Bonchev–Trinajstić information content (AvgIpc) is 3.01. The highest BCUT2D eigenvalue weighted by Gasteiger charge is 2.41. The number of amides is 1. The topological polar surface area (TPSA) is 80.0 Å². The number of aromatic nitrogens is 1. The second-order valence-corrected chi connectivity index (χ2v) is 5.92. The van der Waals surface area contributed by atoms with E-state index in [2.05, 4.69) is 22.5 Å². The zero-order valence-corrected chi connectivity index (χ0v) is 11.7. The fourth-order valence-corrected chi connectivity index (χ4v) is 2.93. The van der Waals surface area contributed by atoms with E-state index in [1.807, 2.05) is 0 Å². The Labute approximate surface area is 111 Å². The molecule has 4 N–H and O–H groups in total. The lowest BCUT2D eigenvalue weighted by atomic mass is 10.0. The first-order chi connectivity index (χ1) is 8.60. The molecule has 100 valence electrons. The molecule has 18 heavy (non-hydrogen) atoms. The molecule has 0 aromatic carbocycles. The molecule has 1 aliphatic rings. The molecule has 0 saturated heterocycles. The minimum Gasteiger partial charge on any atom is -0.382 e. The van der Waals surface area contributed by atoms with Crippen LogP contribution in [0.2, 0.25) is 0 Å². The molecular formula is C12H20N4OS. The third kappa shape index (κ3) is 2.75. The van der Waals surface area contributed by atoms with E-state index < -0.39 is 0 Å². The molecule has 1 aromatic rings. The van der Waals surface area contributed by atoms with Crippen molar-refractivity contribution in [2.45, 2.75) is 32.6 Å². The Hall–Kier alpha value is -1.30. The highest BCUT2D eigenvalue weighted by molar-refractivity contribution is 7.18. The molecule has 1 heterocycles. The van der Waals surface area contributed by atoms with Gasteiger partial charge in [-0.05, 0) is 24.7 Å². The summed E-state index contributed by atoms with van der Waals surface area (Å²) in [5.41, 5.74) is 6.09. The maximum absolute atomic E-state index is 12.0. The summed E-state index contributed by atoms with van der Waals surface area (Å²) in [6.45, 7) is 2.94. The number of thiazole rings is 1. The fourth-order valence-electron chi connectivity index (χ4n) is 2.17. The van der Waals surface area contributed by atoms with E-state index in [1.165, 1.54) is 37.0 Å². The molecule has 2 rings (SSSR count). The SMILES string of the molecule is CCCC1(CNC(=O)c2sc(NC)nc2N)CC1. The molecule has 1 aromatic heterocycles. The molecule has 0 bridgehead atoms. The van der Waals surface area contributed by atoms with Crippen LogP contribution < -0.4 is 16.4 Å². The highest BCUT2D eigenvalue weighted by atomic mass is 32.1. The normalized spacial score (nSPS) is 16.3. The lowest BCUT2D eigenvalue weighted by Gasteiger charge is -2.14. The van der Waals surface area contributed by atoms with E-state index in [9.17, 15) is 4.79 Å². The van der Waals surface area contributed by atoms with Gasteiger partial charge in [0, 0.05) is 13.6 Å². The van der Waals surface area contributed by atoms with Crippen LogP contribution in [0, 0.1) is 5.41 Å². The average molecular weight is 268 g/mol. The van der Waals surface area contributed by atoms with Crippen molar-refractivity contribution in [1.82, 2.24) is 10.3 Å². The summed E-state index contributed by atoms with van der Waals surface area (Å²) in [5, 5.41) is 6.56. The first-order valence-corrected chi connectivity index (χ1v) is 7.14. The van der Waals surface area contributed by atoms with Crippen LogP contribution in [0.4, 0.5) is 10.9 Å². The van der Waals surface area contributed by atoms with E-state index in [0.717, 1.165) is 6.54 Å². The number of hydrogen-bond acceptors (Lipinski definition) is 5. The highest BCUT2D eigenvalue weighted by Crippen LogP contribution is 2.49. The second-order valence-electron chi connectivity index (χ2n) is 4.92. The Morgan fingerprint density at radius 1 is 1.56 bits per heavy atom. The first kappa shape index (κ1) is 13.1. The summed E-state index contributed by atoms with van der Waals surface area (Å²) >= 11 is 1.29. The predicted molar refractivity (Wildman–Crippen MR) is 75.0 cm³/mol. The summed E-state index contributed by atoms with van der Waals surface area (Å²) in [6, 6.07) is 0. The first-order valence-electron chi connectivity index (χ1n) is 6.32. The third-order valence-corrected chi connectivity index (χ3v) is 4.52. The number of nitrogens with zero attached hydrogens (tertiary/aromatic N) is 1. The summed E-state index contributed by atoms with van der Waals surface area (Å²) in [7, 11) is 1.76. The van der Waals surface area contributed by atoms with Gasteiger partial charge in [0.05, 0.1) is 0 Å². The Kier molecular flexibility index (Phi) is 3.75. The van der Waals surface area contributed by atoms with Gasteiger partial charge in [-0.1, -0.05) is 24.7 Å². The molecule has 1 fully saturated rings. The van der Waals surface area contributed by atoms with Crippen LogP contribution in [0.15, 0.2) is 0 Å². The van der Waals surface area contributed by atoms with Gasteiger partial charge in [-0.15, -0.1) is 0 Å². The van der Waals surface area contributed by atoms with Crippen LogP contribution in [-0.4, -0.2) is 24.5 Å². The van der Waals surface area contributed by atoms with Crippen molar-refractivity contribution in [3.63, 3.8) is 0 Å². The van der Waals surface area contributed by atoms with Crippen molar-refractivity contribution in [1.29, 1.82) is 0 Å². The zero-order chi connectivity index (χ0) is 13.2. The molecule has 0 unspecified atom stereocenters. The van der Waals surface area contributed by atoms with Crippen LogP contribution in [0.3, 0.4) is 0 Å². The van der Waals surface area contributed by atoms with Crippen LogP contribution in [0.1, 0.15) is 42.3 Å². The fraction of sp³-hybridized carbons (Fsp3) is 0.667. The Morgan fingerprint density at radius 3 is 2.78 bits per heavy atom. The monoisotopic (exact) mass is 268 g/mol. The predicted octanol–water partition coefficient (Wildman–Crippen LogP) is 2.08. The van der Waals surface area contributed by atoms with Crippen molar-refractivity contribution in [3.05, 3.63) is 4.88 Å². The molecule has 1 saturated carbocycles. The van der Waals surface area contributed by atoms with Gasteiger partial charge in [-0.2, -0.15) is 0 Å². The molecular weight excluding hydrogens is 248 g/mol. The molecule has 0 spiro atoms. The van der Waals surface area contributed by atoms with E-state index in [-0.39, 0.29) is 5.91 Å². The van der Waals surface area contributed by atoms with Gasteiger partial charge in [-0.3, -0.25) is 4.79 Å². The summed E-state index contributed by atoms with van der Waals surface area (Å²) in [6.07, 6.45) is 4.80. The van der Waals surface area contributed by atoms with Crippen molar-refractivity contribution >= 4 is 28.2 Å². The second kappa shape index (κ2) is 5.14. The quantitative estimate of drug-likeness (QED) is 0.738. The lowest BCUT2D eigenvalue weighted by Crippen LogP contribution is -2.30. The Morgan fingerprint density at radius 2 is 2.28 bits per heavy atom. The van der Waals surface area contributed by atoms with E-state index in [1.54, 1.807) is 7.05 Å². The minimum absolute atomic E-state index is 0.103. The van der Waals surface area contributed by atoms with Crippen LogP contribution in [0.25, 0.3) is 0 Å². The van der Waals surface area contributed by atoms with Gasteiger partial charge < -0.3 is 16.4 Å². The number of rotatable bonds is 6. The number of nitrogens with two attached hydrogens (primary N) is 1. The van der Waals surface area contributed by atoms with Crippen molar-refractivity contribution in [2.75, 3.05) is 24.6 Å². The summed E-state index contributed by atoms with van der Waals surface area (Å²) in [5.74, 6) is 0.205. The number of anilines is 2. The molecule has 1 aliphatic carbocycles. The number of nitrogens with one attached hydrogen (secondary N) is 2. The minimum atomic E-state index is -0.103. The van der Waals surface area contributed by atoms with Gasteiger partial charge in [-0.25, -0.2) is 4.98 Å². The largest absolute Gasteiger partial charge is 0.382 e. The molecule has 0 aliphatic heterocycles. The maximum Gasteiger partial charge on any atom is 0.265 e. The van der Waals surface area contributed by atoms with Crippen LogP contribution in [0.5, 0.6) is 0 Å². The van der Waals surface area contributed by atoms with Crippen molar-refractivity contribution < 1.29 is 4.79 Å². The summed E-state index contributed by atoms with van der Waals surface area (Å²) < 4.78 is 0. The number of carbonyl (C=O) groups is 1. The molecule has 0 atom stereocenters. The van der Waals surface area contributed by atoms with Gasteiger partial charge in [0.15, 0.2) is 5.13 Å². The van der Waals surface area contributed by atoms with E-state index in [4.69, 9.17) is 5.73 Å². The Balaban J connectivity index is 1.93. The molecule has 5 nitrogen and oxygen atoms in total. The number of carbonyl (C=O) groups excluding carboxylic acids is 1. The smallest absolute Gasteiger partial charge is 0.265 e. The van der Waals surface area contributed by atoms with Gasteiger partial charge >= 0.3 is 0 Å². The van der Waals surface area contributed by atoms with Gasteiger partial charge in [0.2, 0.25) is 0 Å². The maximum atomic E-state index is 12.0. The molecule has 6 heteroatoms. The lowest BCUT2D eigenvalue weighted by molar-refractivity contribution is 0.0948. The van der Waals surface area contributed by atoms with Gasteiger partial charge in [0.1, 0.15) is 10.7 Å². The standard InChI is InChI=1S/C12H20N4OS/c1-3-4-12(5-6-12)7-15-10(17)8-9(13)16-11(14-2)18-8/h3-7,13H2,1-2H3,(H,14,16)(H,15,17). The number of nitrogen functional groups attached to an aromatic ring is 1. The summed E-state index contributed by atoms with van der Waals surface area (Å²) in [4.78, 5) is 16.6. The van der Waals surface area contributed by atoms with E-state index in [0.29, 0.717) is 21.2 Å². The van der Waals surface area contributed by atoms with Crippen molar-refractivity contribution in [2.24, 2.45) is 5.41 Å². The molecule has 0 radical (unpaired) electrons. The Bertz CT molecular complexity index is 439. The van der Waals surface area contributed by atoms with Crippen LogP contribution in [-0.2, 0) is 0 Å². The van der Waals surface area contributed by atoms with Crippen molar-refractivity contribution in [3.8, 4) is 0 Å². The van der Waals surface area contributed by atoms with E-state index >= 15 is 0 Å².